The molecule has 3 aromatic heterocycles. The maximum atomic E-state index is 17.1. The van der Waals surface area contributed by atoms with Crippen LogP contribution in [-0.2, 0) is 30.4 Å². The summed E-state index contributed by atoms with van der Waals surface area (Å²) >= 11 is 1.72. The summed E-state index contributed by atoms with van der Waals surface area (Å²) in [5.41, 5.74) is 11.9. The number of halogens is 1. The van der Waals surface area contributed by atoms with Gasteiger partial charge >= 0.3 is 6.01 Å². The Hall–Kier alpha value is -6.97. The highest BCUT2D eigenvalue weighted by Crippen LogP contribution is 2.44. The van der Waals surface area contributed by atoms with Crippen LogP contribution in [0.5, 0.6) is 11.8 Å². The van der Waals surface area contributed by atoms with Crippen LogP contribution < -0.4 is 26.0 Å². The third-order valence-electron chi connectivity index (χ3n) is 17.0. The van der Waals surface area contributed by atoms with E-state index >= 15 is 4.39 Å². The van der Waals surface area contributed by atoms with E-state index in [0.717, 1.165) is 112 Å². The molecule has 4 unspecified atom stereocenters. The summed E-state index contributed by atoms with van der Waals surface area (Å²) in [6.07, 6.45) is 17.8. The summed E-state index contributed by atoms with van der Waals surface area (Å²) in [5.74, 6) is 0.464. The van der Waals surface area contributed by atoms with E-state index in [1.165, 1.54) is 42.2 Å². The molecule has 18 nitrogen and oxygen atoms in total. The maximum absolute atomic E-state index is 17.1. The molecule has 4 atom stereocenters. The molecule has 0 radical (unpaired) electrons. The van der Waals surface area contributed by atoms with Gasteiger partial charge in [-0.05, 0) is 142 Å². The quantitative estimate of drug-likeness (QED) is 0.0113. The smallest absolute Gasteiger partial charge is 0.319 e. The summed E-state index contributed by atoms with van der Waals surface area (Å²) in [4.78, 5) is 64.4. The number of carbonyl (C=O) groups is 3. The number of nitrogens with one attached hydrogen (secondary N) is 2. The first-order valence-corrected chi connectivity index (χ1v) is 32.0. The molecule has 6 heterocycles. The highest BCUT2D eigenvalue weighted by atomic mass is 32.1. The van der Waals surface area contributed by atoms with Crippen molar-refractivity contribution in [3.63, 3.8) is 0 Å². The molecule has 9 rings (SSSR count). The van der Waals surface area contributed by atoms with Crippen molar-refractivity contribution < 1.29 is 38.2 Å². The van der Waals surface area contributed by atoms with E-state index in [0.29, 0.717) is 80.9 Å². The maximum Gasteiger partial charge on any atom is 0.319 e. The van der Waals surface area contributed by atoms with E-state index in [1.54, 1.807) is 29.7 Å². The molecule has 2 amide bonds. The van der Waals surface area contributed by atoms with Crippen molar-refractivity contribution in [3.8, 4) is 33.5 Å². The third-order valence-corrected chi connectivity index (χ3v) is 17.9. The van der Waals surface area contributed by atoms with Crippen LogP contribution >= 0.6 is 11.3 Å². The minimum absolute atomic E-state index is 0.0292. The number of benzene rings is 3. The van der Waals surface area contributed by atoms with Crippen LogP contribution in [0.2, 0.25) is 0 Å². The van der Waals surface area contributed by atoms with Crippen LogP contribution in [0, 0.1) is 24.6 Å². The number of oxime groups is 1. The van der Waals surface area contributed by atoms with Crippen LogP contribution in [-0.4, -0.2) is 151 Å². The van der Waals surface area contributed by atoms with Gasteiger partial charge in [0.05, 0.1) is 46.1 Å². The number of allylic oxidation sites excluding steroid dienone is 1. The van der Waals surface area contributed by atoms with Gasteiger partial charge in [-0.25, -0.2) is 9.37 Å². The molecule has 3 saturated heterocycles. The topological polar surface area (TPSA) is 223 Å². The second kappa shape index (κ2) is 34.0. The zero-order chi connectivity index (χ0) is 62.3. The lowest BCUT2D eigenvalue weighted by atomic mass is 9.94. The zero-order valence-electron chi connectivity index (χ0n) is 52.2. The Morgan fingerprint density at radius 1 is 1.01 bits per heavy atom. The summed E-state index contributed by atoms with van der Waals surface area (Å²) in [6.45, 7) is 22.3. The number of carbonyl (C=O) groups excluding carboxylic acids is 3. The van der Waals surface area contributed by atoms with Gasteiger partial charge in [-0.3, -0.25) is 24.4 Å². The number of hydrogen-bond acceptors (Lipinski definition) is 17. The van der Waals surface area contributed by atoms with Crippen LogP contribution in [0.3, 0.4) is 0 Å². The van der Waals surface area contributed by atoms with E-state index in [4.69, 9.17) is 29.3 Å². The fourth-order valence-corrected chi connectivity index (χ4v) is 13.1. The summed E-state index contributed by atoms with van der Waals surface area (Å²) in [7, 11) is 2.02. The standard InChI is InChI=1S/C48H63FN8O6.C17H24N2S.C2H5NO/c1-5-34-12-10-13-35-26-37(60)27-38(42(34)35)44-43(49)45-39(28-52-44)46(56-19-8-6-7-9-20-56)54-47(53-45)62-31-48-16-11-21-57(48)36(14-17-48)30-61-25-24-55(23-18-51-32-59)22-15-41(63-50-4)40(29-58)33(2)3;1-13(6-4-5-11-18-3)15-7-9-16(10-8-15)17-14(2)19-12-20-17;1-2(3)4/h10,12-13,15,26-29,32-33,36,40,60H,4-9,11,14,16-25,30-31H2,1-3H3,(H,51,59);7-10,12-13,18H,4-6,11H2,1-3H3;1H3,(H2,3,4)/b41-15-;;. The number of phenolic OH excluding ortho intramolecular Hbond substituents is 1. The lowest BCUT2D eigenvalue weighted by Crippen LogP contribution is -2.48. The van der Waals surface area contributed by atoms with Gasteiger partial charge in [0.2, 0.25) is 12.3 Å². The first-order chi connectivity index (χ1) is 42.1. The van der Waals surface area contributed by atoms with Gasteiger partial charge in [-0.15, -0.1) is 11.3 Å². The van der Waals surface area contributed by atoms with Crippen molar-refractivity contribution in [1.29, 1.82) is 0 Å². The molecule has 0 aliphatic carbocycles. The van der Waals surface area contributed by atoms with Crippen molar-refractivity contribution in [2.75, 3.05) is 84.1 Å². The molecular weight excluding hydrogens is 1120 g/mol. The average molecular weight is 1210 g/mol. The number of primary amides is 1. The minimum atomic E-state index is -0.565. The number of phenols is 1. The van der Waals surface area contributed by atoms with E-state index in [2.05, 4.69) is 93.0 Å². The number of nitrogens with two attached hydrogens (primary N) is 1. The van der Waals surface area contributed by atoms with Crippen LogP contribution in [0.1, 0.15) is 128 Å². The number of anilines is 1. The number of pyridine rings is 1. The number of aryl methyl sites for hydroxylation is 2. The highest BCUT2D eigenvalue weighted by Gasteiger charge is 2.50. The average Bonchev–Trinajstić information content (AvgIpc) is 2.15. The van der Waals surface area contributed by atoms with Crippen molar-refractivity contribution in [2.24, 2.45) is 22.7 Å². The van der Waals surface area contributed by atoms with Crippen LogP contribution in [0.4, 0.5) is 10.2 Å². The largest absolute Gasteiger partial charge is 0.508 e. The van der Waals surface area contributed by atoms with Crippen LogP contribution in [0.15, 0.2) is 83.3 Å². The number of aldehydes is 1. The Morgan fingerprint density at radius 3 is 2.46 bits per heavy atom. The van der Waals surface area contributed by atoms with Gasteiger partial charge in [-0.2, -0.15) is 9.97 Å². The second-order valence-corrected chi connectivity index (χ2v) is 24.3. The Balaban J connectivity index is 0.000000375. The zero-order valence-corrected chi connectivity index (χ0v) is 53.0. The lowest BCUT2D eigenvalue weighted by molar-refractivity contribution is -0.116. The van der Waals surface area contributed by atoms with Gasteiger partial charge in [-0.1, -0.05) is 94.6 Å². The molecule has 20 heteroatoms. The lowest BCUT2D eigenvalue weighted by Gasteiger charge is -2.34. The van der Waals surface area contributed by atoms with Gasteiger partial charge in [0, 0.05) is 70.7 Å². The van der Waals surface area contributed by atoms with Crippen molar-refractivity contribution in [1.82, 2.24) is 40.4 Å². The number of unbranched alkanes of at least 4 members (excludes halogenated alkanes) is 1. The number of fused-ring (bicyclic) bond motifs is 3. The molecular formula is C67H92FN11O7S. The summed E-state index contributed by atoms with van der Waals surface area (Å²) in [5, 5.41) is 22.5. The third kappa shape index (κ3) is 18.3. The van der Waals surface area contributed by atoms with Crippen LogP contribution in [0.25, 0.3) is 43.4 Å². The monoisotopic (exact) mass is 1210 g/mol. The van der Waals surface area contributed by atoms with Crippen molar-refractivity contribution >= 4 is 64.2 Å². The van der Waals surface area contributed by atoms with Gasteiger partial charge in [0.1, 0.15) is 41.4 Å². The minimum Gasteiger partial charge on any atom is -0.508 e. The molecule has 470 valence electrons. The summed E-state index contributed by atoms with van der Waals surface area (Å²) in [6, 6.07) is 18.6. The highest BCUT2D eigenvalue weighted by molar-refractivity contribution is 7.13. The SMILES string of the molecule is C=NO/C(=C\CN(CCNC=O)CCOCC1CCC2(COc3nc(N4CCCCCC4)c4cnc(-c5cc(O)cc6cccc(CC)c56)c(F)c4n3)CCCN12)C(C=O)C(C)C.CC(N)=O.CNCCCCC(C)c1ccc(-c2scnc2C)cc1. The first-order valence-electron chi connectivity index (χ1n) is 31.1. The number of amides is 2. The Morgan fingerprint density at radius 2 is 1.78 bits per heavy atom. The van der Waals surface area contributed by atoms with Crippen molar-refractivity contribution in [3.05, 3.63) is 101 Å². The van der Waals surface area contributed by atoms with E-state index < -0.39 is 11.7 Å². The van der Waals surface area contributed by atoms with E-state index in [-0.39, 0.29) is 46.4 Å². The fourth-order valence-electron chi connectivity index (χ4n) is 12.3. The number of rotatable bonds is 29. The molecule has 87 heavy (non-hydrogen) atoms. The molecule has 3 aromatic carbocycles. The first kappa shape index (κ1) is 67.5. The second-order valence-electron chi connectivity index (χ2n) is 23.5. The Labute approximate surface area is 517 Å². The van der Waals surface area contributed by atoms with E-state index in [1.807, 2.05) is 50.7 Å². The van der Waals surface area contributed by atoms with Gasteiger partial charge in [0.15, 0.2) is 5.82 Å². The van der Waals surface area contributed by atoms with Gasteiger partial charge in [0.25, 0.3) is 0 Å². The predicted molar refractivity (Wildman–Crippen MR) is 347 cm³/mol. The Bertz CT molecular complexity index is 3210. The number of aromatic hydroxyl groups is 1. The number of nitrogens with zero attached hydrogens (tertiary/aromatic N) is 8. The number of ether oxygens (including phenoxy) is 2. The molecule has 0 spiro atoms. The molecule has 3 fully saturated rings. The molecule has 0 saturated carbocycles. The fraction of sp³-hybridized carbons (Fsp3) is 0.522. The Kier molecular flexibility index (Phi) is 26.4. The normalized spacial score (nSPS) is 17.7. The summed E-state index contributed by atoms with van der Waals surface area (Å²) < 4.78 is 30.1. The molecule has 3 aliphatic rings. The molecule has 6 aromatic rings. The number of hydrogen-bond donors (Lipinski definition) is 4. The molecule has 5 N–H and O–H groups in total. The number of aromatic nitrogens is 4. The van der Waals surface area contributed by atoms with Gasteiger partial charge < -0.3 is 45.5 Å². The molecule has 3 aliphatic heterocycles. The van der Waals surface area contributed by atoms with Crippen molar-refractivity contribution in [2.45, 2.75) is 136 Å². The van der Waals surface area contributed by atoms with E-state index in [9.17, 15) is 19.5 Å². The molecule has 0 bridgehead atoms. The number of thiazole rings is 1. The predicted octanol–water partition coefficient (Wildman–Crippen LogP) is 11.2.